The second-order valence-electron chi connectivity index (χ2n) is 9.13. The lowest BCUT2D eigenvalue weighted by Gasteiger charge is -2.24. The molecule has 0 amide bonds. The van der Waals surface area contributed by atoms with Crippen LogP contribution in [0.25, 0.3) is 16.6 Å². The van der Waals surface area contributed by atoms with E-state index < -0.39 is 0 Å². The smallest absolute Gasteiger partial charge is 0.186 e. The van der Waals surface area contributed by atoms with Crippen molar-refractivity contribution < 1.29 is 9.13 Å². The summed E-state index contributed by atoms with van der Waals surface area (Å²) in [5, 5.41) is 11.9. The van der Waals surface area contributed by atoms with Crippen LogP contribution in [0.2, 0.25) is 0 Å². The molecular formula is C29H38FN5O. The molecule has 0 unspecified atom stereocenters. The maximum Gasteiger partial charge on any atom is 0.186 e. The molecule has 2 N–H and O–H groups in total. The Kier molecular flexibility index (Phi) is 10.2. The Bertz CT molecular complexity index is 1190. The molecule has 192 valence electrons. The average molecular weight is 492 g/mol. The summed E-state index contributed by atoms with van der Waals surface area (Å²) < 4.78 is 15.2. The fraction of sp³-hybridized carbons (Fsp3) is 0.414. The molecule has 0 saturated heterocycles. The van der Waals surface area contributed by atoms with Crippen molar-refractivity contribution >= 4 is 28.1 Å². The number of aromatic nitrogens is 4. The summed E-state index contributed by atoms with van der Waals surface area (Å²) in [5.41, 5.74) is 4.68. The van der Waals surface area contributed by atoms with Crippen LogP contribution < -0.4 is 10.1 Å². The first-order valence-corrected chi connectivity index (χ1v) is 12.6. The highest BCUT2D eigenvalue weighted by molar-refractivity contribution is 5.99. The van der Waals surface area contributed by atoms with Crippen LogP contribution in [-0.2, 0) is 0 Å². The number of nitrogens with zero attached hydrogens (tertiary/aromatic N) is 3. The first-order valence-electron chi connectivity index (χ1n) is 12.6. The van der Waals surface area contributed by atoms with Crippen LogP contribution in [0.3, 0.4) is 0 Å². The predicted molar refractivity (Wildman–Crippen MR) is 148 cm³/mol. The van der Waals surface area contributed by atoms with Crippen molar-refractivity contribution in [1.29, 1.82) is 0 Å². The van der Waals surface area contributed by atoms with Gasteiger partial charge in [-0.15, -0.1) is 0 Å². The Hall–Kier alpha value is -3.48. The standard InChI is InChI=1S/C28H35N5O.CH3F/c1-5-9-21(10-6-2)26-25-27(29-18-30-28(25)33-32-26)31-23-17-22(15-16-24(23)34-4)20-13-7-11-19(3)12-8-14-20;1-2/h5-6,9-10,15-20H,1,7-8,11-14H2,2-4H3,(H2,29,30,31,32,33);1H3/b10-6-,21-9+;. The van der Waals surface area contributed by atoms with Gasteiger partial charge in [0.15, 0.2) is 5.65 Å². The molecule has 36 heavy (non-hydrogen) atoms. The average Bonchev–Trinajstić information content (AvgIpc) is 3.32. The number of alkyl halides is 1. The molecular weight excluding hydrogens is 453 g/mol. The molecule has 0 spiro atoms. The zero-order valence-electron chi connectivity index (χ0n) is 21.9. The van der Waals surface area contributed by atoms with Crippen LogP contribution in [0.15, 0.2) is 55.4 Å². The van der Waals surface area contributed by atoms with Gasteiger partial charge in [-0.2, -0.15) is 5.10 Å². The van der Waals surface area contributed by atoms with Crippen molar-refractivity contribution in [2.75, 3.05) is 19.6 Å². The Balaban J connectivity index is 0.00000176. The second kappa shape index (κ2) is 13.6. The molecule has 1 aromatic carbocycles. The maximum atomic E-state index is 9.50. The van der Waals surface area contributed by atoms with Crippen molar-refractivity contribution in [3.05, 3.63) is 66.7 Å². The molecule has 1 aliphatic rings. The number of H-pyrrole nitrogens is 1. The van der Waals surface area contributed by atoms with Gasteiger partial charge >= 0.3 is 0 Å². The van der Waals surface area contributed by atoms with E-state index in [1.165, 1.54) is 50.4 Å². The number of nitrogens with one attached hydrogen (secondary N) is 2. The molecule has 2 heterocycles. The van der Waals surface area contributed by atoms with Crippen molar-refractivity contribution in [1.82, 2.24) is 20.2 Å². The number of halogens is 1. The van der Waals surface area contributed by atoms with E-state index in [0.717, 1.165) is 34.0 Å². The highest BCUT2D eigenvalue weighted by atomic mass is 19.1. The van der Waals surface area contributed by atoms with Crippen molar-refractivity contribution in [3.8, 4) is 5.75 Å². The zero-order valence-corrected chi connectivity index (χ0v) is 21.9. The molecule has 0 atom stereocenters. The summed E-state index contributed by atoms with van der Waals surface area (Å²) in [5.74, 6) is 2.90. The quantitative estimate of drug-likeness (QED) is 0.328. The number of hydrogen-bond acceptors (Lipinski definition) is 5. The van der Waals surface area contributed by atoms with E-state index in [-0.39, 0.29) is 0 Å². The van der Waals surface area contributed by atoms with Crippen molar-refractivity contribution in [2.45, 2.75) is 58.3 Å². The fourth-order valence-corrected chi connectivity index (χ4v) is 4.94. The van der Waals surface area contributed by atoms with Crippen LogP contribution in [-0.4, -0.2) is 34.5 Å². The third-order valence-corrected chi connectivity index (χ3v) is 6.73. The van der Waals surface area contributed by atoms with Crippen LogP contribution in [0.1, 0.15) is 69.5 Å². The summed E-state index contributed by atoms with van der Waals surface area (Å²) in [7, 11) is 2.20. The number of benzene rings is 1. The molecule has 0 radical (unpaired) electrons. The first-order chi connectivity index (χ1) is 17.6. The van der Waals surface area contributed by atoms with Gasteiger partial charge in [-0.1, -0.05) is 69.6 Å². The molecule has 0 bridgehead atoms. The summed E-state index contributed by atoms with van der Waals surface area (Å²) in [6, 6.07) is 6.51. The van der Waals surface area contributed by atoms with Crippen LogP contribution >= 0.6 is 0 Å². The maximum absolute atomic E-state index is 9.50. The Labute approximate surface area is 213 Å². The number of anilines is 2. The van der Waals surface area contributed by atoms with Crippen LogP contribution in [0.4, 0.5) is 15.9 Å². The number of hydrogen-bond donors (Lipinski definition) is 2. The van der Waals surface area contributed by atoms with Gasteiger partial charge in [-0.3, -0.25) is 9.49 Å². The predicted octanol–water partition coefficient (Wildman–Crippen LogP) is 7.91. The molecule has 1 aliphatic carbocycles. The summed E-state index contributed by atoms with van der Waals surface area (Å²) >= 11 is 0. The minimum absolute atomic E-state index is 0.500. The summed E-state index contributed by atoms with van der Waals surface area (Å²) in [6.07, 6.45) is 16.9. The second-order valence-corrected chi connectivity index (χ2v) is 9.13. The molecule has 6 nitrogen and oxygen atoms in total. The normalized spacial score (nSPS) is 18.8. The van der Waals surface area contributed by atoms with Crippen molar-refractivity contribution in [3.63, 3.8) is 0 Å². The zero-order chi connectivity index (χ0) is 25.9. The van der Waals surface area contributed by atoms with E-state index >= 15 is 0 Å². The Morgan fingerprint density at radius 2 is 1.92 bits per heavy atom. The van der Waals surface area contributed by atoms with E-state index in [4.69, 9.17) is 4.74 Å². The molecule has 1 fully saturated rings. The van der Waals surface area contributed by atoms with Gasteiger partial charge in [0, 0.05) is 5.57 Å². The van der Waals surface area contributed by atoms with Crippen LogP contribution in [0.5, 0.6) is 5.75 Å². The Morgan fingerprint density at radius 3 is 2.58 bits per heavy atom. The monoisotopic (exact) mass is 491 g/mol. The van der Waals surface area contributed by atoms with Crippen LogP contribution in [0, 0.1) is 5.92 Å². The first kappa shape index (κ1) is 27.1. The lowest BCUT2D eigenvalue weighted by molar-refractivity contribution is 0.378. The number of allylic oxidation sites excluding steroid dienone is 5. The highest BCUT2D eigenvalue weighted by Gasteiger charge is 2.19. The number of fused-ring (bicyclic) bond motifs is 1. The fourth-order valence-electron chi connectivity index (χ4n) is 4.94. The third-order valence-electron chi connectivity index (χ3n) is 6.73. The largest absolute Gasteiger partial charge is 0.495 e. The van der Waals surface area contributed by atoms with Gasteiger partial charge in [-0.05, 0) is 49.3 Å². The number of ether oxygens (including phenoxy) is 1. The minimum atomic E-state index is 0.500. The topological polar surface area (TPSA) is 75.7 Å². The molecule has 3 aromatic rings. The SMILES string of the molecule is C=C/C=C(\C=C/C)c1[nH]nc2ncnc(Nc3cc(C4CCCC(C)CCC4)ccc3OC)c12.CF. The number of methoxy groups -OCH3 is 1. The molecule has 4 rings (SSSR count). The van der Waals surface area contributed by atoms with Gasteiger partial charge in [0.05, 0.1) is 31.1 Å². The van der Waals surface area contributed by atoms with E-state index in [0.29, 0.717) is 24.6 Å². The highest BCUT2D eigenvalue weighted by Crippen LogP contribution is 2.38. The summed E-state index contributed by atoms with van der Waals surface area (Å²) in [4.78, 5) is 8.94. The van der Waals surface area contributed by atoms with Crippen molar-refractivity contribution in [2.24, 2.45) is 5.92 Å². The molecule has 7 heteroatoms. The summed E-state index contributed by atoms with van der Waals surface area (Å²) in [6.45, 7) is 8.22. The minimum Gasteiger partial charge on any atom is -0.495 e. The van der Waals surface area contributed by atoms with Gasteiger partial charge in [0.25, 0.3) is 0 Å². The van der Waals surface area contributed by atoms with Gasteiger partial charge in [-0.25, -0.2) is 9.97 Å². The van der Waals surface area contributed by atoms with E-state index in [1.807, 2.05) is 25.2 Å². The number of aromatic amines is 1. The third kappa shape index (κ3) is 6.39. The lowest BCUT2D eigenvalue weighted by Crippen LogP contribution is -2.07. The molecule has 0 aliphatic heterocycles. The Morgan fingerprint density at radius 1 is 1.17 bits per heavy atom. The van der Waals surface area contributed by atoms with E-state index in [2.05, 4.69) is 57.2 Å². The van der Waals surface area contributed by atoms with E-state index in [1.54, 1.807) is 13.2 Å². The number of rotatable bonds is 7. The lowest BCUT2D eigenvalue weighted by atomic mass is 9.83. The molecule has 1 saturated carbocycles. The van der Waals surface area contributed by atoms with Gasteiger partial charge in [0.1, 0.15) is 17.9 Å². The van der Waals surface area contributed by atoms with Gasteiger partial charge < -0.3 is 10.1 Å². The van der Waals surface area contributed by atoms with Gasteiger partial charge in [0.2, 0.25) is 0 Å². The molecule has 2 aromatic heterocycles. The van der Waals surface area contributed by atoms with E-state index in [9.17, 15) is 4.39 Å².